The van der Waals surface area contributed by atoms with Crippen molar-refractivity contribution in [2.75, 3.05) is 0 Å². The van der Waals surface area contributed by atoms with Crippen LogP contribution >= 0.6 is 0 Å². The normalized spacial score (nSPS) is 13.3. The van der Waals surface area contributed by atoms with E-state index < -0.39 is 10.0 Å². The Kier molecular flexibility index (Phi) is 4.74. The van der Waals surface area contributed by atoms with Crippen LogP contribution in [0.3, 0.4) is 0 Å². The molecular weight excluding hydrogens is 288 g/mol. The zero-order chi connectivity index (χ0) is 15.5. The molecule has 7 heteroatoms. The van der Waals surface area contributed by atoms with Crippen LogP contribution in [0, 0.1) is 6.92 Å². The zero-order valence-corrected chi connectivity index (χ0v) is 13.3. The van der Waals surface area contributed by atoms with Crippen molar-refractivity contribution in [3.05, 3.63) is 41.9 Å². The van der Waals surface area contributed by atoms with Crippen LogP contribution in [0.4, 0.5) is 0 Å². The van der Waals surface area contributed by atoms with Gasteiger partial charge in [-0.2, -0.15) is 5.10 Å². The molecule has 2 rings (SSSR count). The fourth-order valence-electron chi connectivity index (χ4n) is 2.14. The summed E-state index contributed by atoms with van der Waals surface area (Å²) in [5.41, 5.74) is 1.78. The van der Waals surface area contributed by atoms with Crippen molar-refractivity contribution >= 4 is 10.0 Å². The minimum Gasteiger partial charge on any atom is -0.260 e. The van der Waals surface area contributed by atoms with Crippen molar-refractivity contribution < 1.29 is 8.42 Å². The molecule has 21 heavy (non-hydrogen) atoms. The summed E-state index contributed by atoms with van der Waals surface area (Å²) >= 11 is 0. The Morgan fingerprint density at radius 1 is 1.29 bits per heavy atom. The molecule has 2 aromatic rings. The lowest BCUT2D eigenvalue weighted by molar-refractivity contribution is 0.520. The molecule has 0 radical (unpaired) electrons. The van der Waals surface area contributed by atoms with Gasteiger partial charge in [0.25, 0.3) is 10.0 Å². The average molecular weight is 308 g/mol. The average Bonchev–Trinajstić information content (AvgIpc) is 2.94. The summed E-state index contributed by atoms with van der Waals surface area (Å²) < 4.78 is 29.2. The molecule has 2 aromatic heterocycles. The molecule has 114 valence electrons. The van der Waals surface area contributed by atoms with E-state index in [1.807, 2.05) is 32.9 Å². The van der Waals surface area contributed by atoms with Gasteiger partial charge in [0.2, 0.25) is 0 Å². The molecule has 0 bridgehead atoms. The monoisotopic (exact) mass is 308 g/mol. The zero-order valence-electron chi connectivity index (χ0n) is 12.4. The smallest absolute Gasteiger partial charge is 0.258 e. The predicted octanol–water partition coefficient (Wildman–Crippen LogP) is 2.04. The Balaban J connectivity index is 2.30. The second-order valence-electron chi connectivity index (χ2n) is 4.83. The first-order valence-corrected chi connectivity index (χ1v) is 8.43. The van der Waals surface area contributed by atoms with Crippen LogP contribution in [0.25, 0.3) is 0 Å². The number of nitrogens with zero attached hydrogens (tertiary/aromatic N) is 3. The van der Waals surface area contributed by atoms with Gasteiger partial charge in [0.1, 0.15) is 0 Å². The van der Waals surface area contributed by atoms with E-state index in [-0.39, 0.29) is 11.1 Å². The summed E-state index contributed by atoms with van der Waals surface area (Å²) in [5.74, 6) is 0. The lowest BCUT2D eigenvalue weighted by atomic mass is 10.1. The minimum atomic E-state index is -3.62. The van der Waals surface area contributed by atoms with Crippen LogP contribution in [-0.2, 0) is 16.6 Å². The lowest BCUT2D eigenvalue weighted by Gasteiger charge is -2.17. The van der Waals surface area contributed by atoms with Gasteiger partial charge in [0.05, 0.1) is 17.9 Å². The van der Waals surface area contributed by atoms with E-state index in [2.05, 4.69) is 14.8 Å². The van der Waals surface area contributed by atoms with Crippen LogP contribution in [0.1, 0.15) is 37.6 Å². The molecule has 0 aliphatic rings. The van der Waals surface area contributed by atoms with E-state index in [9.17, 15) is 8.42 Å². The maximum atomic E-state index is 12.5. The van der Waals surface area contributed by atoms with E-state index in [4.69, 9.17) is 0 Å². The Morgan fingerprint density at radius 3 is 2.67 bits per heavy atom. The molecule has 0 aliphatic carbocycles. The first-order chi connectivity index (χ1) is 9.97. The number of sulfonamides is 1. The van der Waals surface area contributed by atoms with Crippen molar-refractivity contribution in [2.45, 2.75) is 44.8 Å². The molecule has 0 aromatic carbocycles. The van der Waals surface area contributed by atoms with Gasteiger partial charge in [0.15, 0.2) is 5.03 Å². The van der Waals surface area contributed by atoms with Gasteiger partial charge in [-0.1, -0.05) is 6.92 Å². The summed E-state index contributed by atoms with van der Waals surface area (Å²) in [7, 11) is -3.62. The highest BCUT2D eigenvalue weighted by Crippen LogP contribution is 2.19. The van der Waals surface area contributed by atoms with E-state index in [0.717, 1.165) is 11.3 Å². The summed E-state index contributed by atoms with van der Waals surface area (Å²) in [6.07, 6.45) is 3.80. The van der Waals surface area contributed by atoms with Crippen molar-refractivity contribution in [1.82, 2.24) is 19.5 Å². The third-order valence-electron chi connectivity index (χ3n) is 3.25. The molecule has 0 unspecified atom stereocenters. The fourth-order valence-corrected chi connectivity index (χ4v) is 3.61. The summed E-state index contributed by atoms with van der Waals surface area (Å²) in [6, 6.07) is 4.93. The van der Waals surface area contributed by atoms with Gasteiger partial charge in [-0.15, -0.1) is 0 Å². The summed E-state index contributed by atoms with van der Waals surface area (Å²) in [4.78, 5) is 4.27. The van der Waals surface area contributed by atoms with Crippen LogP contribution < -0.4 is 4.72 Å². The highest BCUT2D eigenvalue weighted by molar-refractivity contribution is 7.89. The van der Waals surface area contributed by atoms with Gasteiger partial charge in [-0.25, -0.2) is 13.1 Å². The highest BCUT2D eigenvalue weighted by Gasteiger charge is 2.24. The first-order valence-electron chi connectivity index (χ1n) is 6.94. The second-order valence-corrected chi connectivity index (χ2v) is 6.49. The SMILES string of the molecule is CC[C@@H](NS(=O)(=O)c1ccnn1CC)c1cc(C)ccn1. The predicted molar refractivity (Wildman–Crippen MR) is 80.2 cm³/mol. The number of nitrogens with one attached hydrogen (secondary N) is 1. The second kappa shape index (κ2) is 6.36. The van der Waals surface area contributed by atoms with E-state index in [1.165, 1.54) is 16.9 Å². The van der Waals surface area contributed by atoms with Crippen molar-refractivity contribution in [1.29, 1.82) is 0 Å². The molecule has 0 saturated heterocycles. The Hall–Kier alpha value is -1.73. The molecule has 2 heterocycles. The lowest BCUT2D eigenvalue weighted by Crippen LogP contribution is -2.30. The van der Waals surface area contributed by atoms with Gasteiger partial charge in [0, 0.05) is 12.7 Å². The van der Waals surface area contributed by atoms with E-state index in [0.29, 0.717) is 13.0 Å². The van der Waals surface area contributed by atoms with Crippen LogP contribution in [0.5, 0.6) is 0 Å². The van der Waals surface area contributed by atoms with Gasteiger partial charge < -0.3 is 0 Å². The topological polar surface area (TPSA) is 76.9 Å². The van der Waals surface area contributed by atoms with Crippen molar-refractivity contribution in [3.63, 3.8) is 0 Å². The highest BCUT2D eigenvalue weighted by atomic mass is 32.2. The maximum absolute atomic E-state index is 12.5. The van der Waals surface area contributed by atoms with E-state index in [1.54, 1.807) is 6.20 Å². The summed E-state index contributed by atoms with van der Waals surface area (Å²) in [6.45, 7) is 6.24. The standard InChI is InChI=1S/C14H20N4O2S/c1-4-12(13-10-11(3)6-8-15-13)17-21(19,20)14-7-9-16-18(14)5-2/h6-10,12,17H,4-5H2,1-3H3/t12-/m1/s1. The van der Waals surface area contributed by atoms with Crippen molar-refractivity contribution in [3.8, 4) is 0 Å². The third-order valence-corrected chi connectivity index (χ3v) is 4.74. The molecule has 0 aliphatic heterocycles. The number of pyridine rings is 1. The summed E-state index contributed by atoms with van der Waals surface area (Å²) in [5, 5.41) is 4.18. The third kappa shape index (κ3) is 3.48. The van der Waals surface area contributed by atoms with Gasteiger partial charge >= 0.3 is 0 Å². The Labute approximate surface area is 125 Å². The van der Waals surface area contributed by atoms with E-state index >= 15 is 0 Å². The largest absolute Gasteiger partial charge is 0.260 e. The number of rotatable bonds is 6. The Bertz CT molecular complexity index is 709. The van der Waals surface area contributed by atoms with Crippen LogP contribution in [-0.4, -0.2) is 23.2 Å². The first kappa shape index (κ1) is 15.7. The molecule has 0 fully saturated rings. The van der Waals surface area contributed by atoms with Gasteiger partial charge in [-0.05, 0) is 44.0 Å². The number of hydrogen-bond donors (Lipinski definition) is 1. The molecule has 0 amide bonds. The quantitative estimate of drug-likeness (QED) is 0.886. The minimum absolute atomic E-state index is 0.177. The fraction of sp³-hybridized carbons (Fsp3) is 0.429. The molecule has 1 atom stereocenters. The number of aryl methyl sites for hydroxylation is 2. The molecule has 0 saturated carbocycles. The maximum Gasteiger partial charge on any atom is 0.258 e. The van der Waals surface area contributed by atoms with Crippen molar-refractivity contribution in [2.24, 2.45) is 0 Å². The van der Waals surface area contributed by atoms with Crippen LogP contribution in [0.2, 0.25) is 0 Å². The Morgan fingerprint density at radius 2 is 2.05 bits per heavy atom. The molecule has 0 spiro atoms. The number of hydrogen-bond acceptors (Lipinski definition) is 4. The molecular formula is C14H20N4O2S. The number of aromatic nitrogens is 3. The van der Waals surface area contributed by atoms with Gasteiger partial charge in [-0.3, -0.25) is 9.67 Å². The molecule has 6 nitrogen and oxygen atoms in total. The molecule has 1 N–H and O–H groups in total. The van der Waals surface area contributed by atoms with Crippen LogP contribution in [0.15, 0.2) is 35.6 Å².